The van der Waals surface area contributed by atoms with Gasteiger partial charge >= 0.3 is 0 Å². The summed E-state index contributed by atoms with van der Waals surface area (Å²) in [5, 5.41) is 4.10. The summed E-state index contributed by atoms with van der Waals surface area (Å²) >= 11 is 2.06. The standard InChI is InChI=1S/C18H24N4OS/c1-3-16-12-22(9-10-24-16)18(19-2)20-11-15-13-23-17(21-15)14-7-5-4-6-8-14/h4-8,13,16H,3,9-12H2,1-2H3,(H,19,20). The molecule has 24 heavy (non-hydrogen) atoms. The summed E-state index contributed by atoms with van der Waals surface area (Å²) in [6, 6.07) is 9.95. The van der Waals surface area contributed by atoms with E-state index in [0.29, 0.717) is 17.7 Å². The maximum Gasteiger partial charge on any atom is 0.226 e. The number of aromatic nitrogens is 1. The molecule has 5 nitrogen and oxygen atoms in total. The molecule has 128 valence electrons. The molecule has 0 spiro atoms. The van der Waals surface area contributed by atoms with Crippen molar-refractivity contribution in [3.8, 4) is 11.5 Å². The number of hydrogen-bond acceptors (Lipinski definition) is 4. The fraction of sp³-hybridized carbons (Fsp3) is 0.444. The Kier molecular flexibility index (Phi) is 5.80. The fourth-order valence-electron chi connectivity index (χ4n) is 2.76. The van der Waals surface area contributed by atoms with E-state index >= 15 is 0 Å². The molecule has 1 aromatic carbocycles. The Bertz CT molecular complexity index is 671. The Labute approximate surface area is 147 Å². The summed E-state index contributed by atoms with van der Waals surface area (Å²) in [4.78, 5) is 11.3. The normalized spacial score (nSPS) is 18.7. The maximum absolute atomic E-state index is 5.59. The van der Waals surface area contributed by atoms with Crippen LogP contribution in [-0.4, -0.2) is 47.0 Å². The molecule has 1 fully saturated rings. The third kappa shape index (κ3) is 4.12. The molecule has 0 amide bonds. The largest absolute Gasteiger partial charge is 0.444 e. The number of thioether (sulfide) groups is 1. The van der Waals surface area contributed by atoms with Crippen LogP contribution in [0.3, 0.4) is 0 Å². The van der Waals surface area contributed by atoms with Crippen LogP contribution >= 0.6 is 11.8 Å². The van der Waals surface area contributed by atoms with Crippen LogP contribution in [0.1, 0.15) is 19.0 Å². The van der Waals surface area contributed by atoms with Gasteiger partial charge in [-0.3, -0.25) is 4.99 Å². The van der Waals surface area contributed by atoms with Gasteiger partial charge in [-0.05, 0) is 18.6 Å². The van der Waals surface area contributed by atoms with Gasteiger partial charge in [-0.25, -0.2) is 4.98 Å². The summed E-state index contributed by atoms with van der Waals surface area (Å²) in [5.74, 6) is 2.75. The number of hydrogen-bond donors (Lipinski definition) is 1. The van der Waals surface area contributed by atoms with Crippen LogP contribution in [0.25, 0.3) is 11.5 Å². The number of nitrogens with zero attached hydrogens (tertiary/aromatic N) is 3. The van der Waals surface area contributed by atoms with Crippen LogP contribution in [0.15, 0.2) is 46.0 Å². The monoisotopic (exact) mass is 344 g/mol. The summed E-state index contributed by atoms with van der Waals surface area (Å²) in [7, 11) is 1.84. The van der Waals surface area contributed by atoms with Crippen LogP contribution < -0.4 is 5.32 Å². The lowest BCUT2D eigenvalue weighted by Gasteiger charge is -2.34. The second-order valence-corrected chi connectivity index (χ2v) is 7.17. The van der Waals surface area contributed by atoms with E-state index in [-0.39, 0.29) is 0 Å². The lowest BCUT2D eigenvalue weighted by Crippen LogP contribution is -2.47. The number of benzene rings is 1. The molecule has 0 radical (unpaired) electrons. The van der Waals surface area contributed by atoms with Crippen molar-refractivity contribution in [2.24, 2.45) is 4.99 Å². The van der Waals surface area contributed by atoms with Gasteiger partial charge in [-0.15, -0.1) is 0 Å². The molecule has 0 bridgehead atoms. The topological polar surface area (TPSA) is 53.7 Å². The third-order valence-corrected chi connectivity index (χ3v) is 5.48. The van der Waals surface area contributed by atoms with Crippen molar-refractivity contribution in [1.82, 2.24) is 15.2 Å². The zero-order valence-electron chi connectivity index (χ0n) is 14.2. The van der Waals surface area contributed by atoms with Crippen LogP contribution in [0.5, 0.6) is 0 Å². The van der Waals surface area contributed by atoms with E-state index in [1.165, 1.54) is 6.42 Å². The molecular formula is C18H24N4OS. The second kappa shape index (κ2) is 8.24. The first kappa shape index (κ1) is 16.9. The van der Waals surface area contributed by atoms with E-state index in [0.717, 1.165) is 36.1 Å². The molecule has 0 aliphatic carbocycles. The van der Waals surface area contributed by atoms with Crippen molar-refractivity contribution >= 4 is 17.7 Å². The smallest absolute Gasteiger partial charge is 0.226 e. The number of nitrogens with one attached hydrogen (secondary N) is 1. The molecule has 1 N–H and O–H groups in total. The molecule has 1 aliphatic heterocycles. The van der Waals surface area contributed by atoms with E-state index < -0.39 is 0 Å². The minimum Gasteiger partial charge on any atom is -0.444 e. The molecule has 2 aromatic rings. The molecule has 1 aliphatic rings. The summed E-state index contributed by atoms with van der Waals surface area (Å²) in [5.41, 5.74) is 1.88. The average Bonchev–Trinajstić information content (AvgIpc) is 3.12. The van der Waals surface area contributed by atoms with Crippen LogP contribution in [0.2, 0.25) is 0 Å². The molecule has 0 saturated carbocycles. The lowest BCUT2D eigenvalue weighted by molar-refractivity contribution is 0.407. The minimum absolute atomic E-state index is 0.615. The van der Waals surface area contributed by atoms with Crippen LogP contribution in [0, 0.1) is 0 Å². The Balaban J connectivity index is 1.59. The average molecular weight is 344 g/mol. The zero-order valence-corrected chi connectivity index (χ0v) is 15.1. The maximum atomic E-state index is 5.59. The Morgan fingerprint density at radius 2 is 2.25 bits per heavy atom. The zero-order chi connectivity index (χ0) is 16.8. The van der Waals surface area contributed by atoms with Gasteiger partial charge < -0.3 is 14.6 Å². The van der Waals surface area contributed by atoms with Crippen LogP contribution in [0.4, 0.5) is 0 Å². The van der Waals surface area contributed by atoms with Gasteiger partial charge in [0.05, 0.1) is 12.2 Å². The number of aliphatic imine (C=N–C) groups is 1. The van der Waals surface area contributed by atoms with Gasteiger partial charge in [0.25, 0.3) is 0 Å². The first-order chi connectivity index (χ1) is 11.8. The molecular weight excluding hydrogens is 320 g/mol. The lowest BCUT2D eigenvalue weighted by atomic mass is 10.2. The minimum atomic E-state index is 0.615. The Morgan fingerprint density at radius 3 is 3.00 bits per heavy atom. The van der Waals surface area contributed by atoms with Gasteiger partial charge in [0.1, 0.15) is 6.26 Å². The van der Waals surface area contributed by atoms with E-state index in [9.17, 15) is 0 Å². The quantitative estimate of drug-likeness (QED) is 0.682. The highest BCUT2D eigenvalue weighted by Gasteiger charge is 2.21. The molecule has 1 atom stereocenters. The van der Waals surface area contributed by atoms with Crippen LogP contribution in [-0.2, 0) is 6.54 Å². The van der Waals surface area contributed by atoms with Crippen molar-refractivity contribution < 1.29 is 4.42 Å². The van der Waals surface area contributed by atoms with Crippen molar-refractivity contribution in [2.45, 2.75) is 25.1 Å². The molecule has 1 saturated heterocycles. The first-order valence-corrected chi connectivity index (χ1v) is 9.42. The van der Waals surface area contributed by atoms with Gasteiger partial charge in [0.2, 0.25) is 5.89 Å². The first-order valence-electron chi connectivity index (χ1n) is 8.37. The fourth-order valence-corrected chi connectivity index (χ4v) is 3.94. The Hall–Kier alpha value is -1.95. The summed E-state index contributed by atoms with van der Waals surface area (Å²) in [6.07, 6.45) is 2.91. The van der Waals surface area contributed by atoms with Gasteiger partial charge in [0.15, 0.2) is 5.96 Å². The predicted molar refractivity (Wildman–Crippen MR) is 100 cm³/mol. The number of oxazole rings is 1. The van der Waals surface area contributed by atoms with E-state index in [1.807, 2.05) is 37.4 Å². The molecule has 2 heterocycles. The van der Waals surface area contributed by atoms with Gasteiger partial charge in [-0.2, -0.15) is 11.8 Å². The molecule has 1 unspecified atom stereocenters. The highest BCUT2D eigenvalue weighted by atomic mass is 32.2. The SMILES string of the molecule is CCC1CN(C(=NC)NCc2coc(-c3ccccc3)n2)CCS1. The predicted octanol–water partition coefficient (Wildman–Crippen LogP) is 3.24. The number of guanidine groups is 1. The molecule has 6 heteroatoms. The van der Waals surface area contributed by atoms with Gasteiger partial charge in [-0.1, -0.05) is 25.1 Å². The Morgan fingerprint density at radius 1 is 1.42 bits per heavy atom. The van der Waals surface area contributed by atoms with Crippen molar-refractivity contribution in [1.29, 1.82) is 0 Å². The third-order valence-electron chi connectivity index (χ3n) is 4.11. The molecule has 1 aromatic heterocycles. The highest BCUT2D eigenvalue weighted by Crippen LogP contribution is 2.21. The second-order valence-electron chi connectivity index (χ2n) is 5.76. The summed E-state index contributed by atoms with van der Waals surface area (Å²) < 4.78 is 5.59. The molecule has 3 rings (SSSR count). The van der Waals surface area contributed by atoms with Crippen molar-refractivity contribution in [3.63, 3.8) is 0 Å². The number of rotatable bonds is 4. The summed E-state index contributed by atoms with van der Waals surface area (Å²) in [6.45, 7) is 4.95. The van der Waals surface area contributed by atoms with Crippen molar-refractivity contribution in [2.75, 3.05) is 25.9 Å². The van der Waals surface area contributed by atoms with Crippen molar-refractivity contribution in [3.05, 3.63) is 42.3 Å². The van der Waals surface area contributed by atoms with E-state index in [2.05, 4.69) is 38.9 Å². The van der Waals surface area contributed by atoms with E-state index in [1.54, 1.807) is 6.26 Å². The van der Waals surface area contributed by atoms with E-state index in [4.69, 9.17) is 4.42 Å². The van der Waals surface area contributed by atoms with Gasteiger partial charge in [0, 0.05) is 36.7 Å². The highest BCUT2D eigenvalue weighted by molar-refractivity contribution is 8.00.